The van der Waals surface area contributed by atoms with Gasteiger partial charge in [0.2, 0.25) is 0 Å². The maximum atomic E-state index is 13.6. The highest BCUT2D eigenvalue weighted by atomic mass is 32.1. The number of benzene rings is 1. The van der Waals surface area contributed by atoms with Crippen molar-refractivity contribution in [3.8, 4) is 11.1 Å². The van der Waals surface area contributed by atoms with Gasteiger partial charge < -0.3 is 4.40 Å². The number of nitrogens with zero attached hydrogens (tertiary/aromatic N) is 3. The predicted molar refractivity (Wildman–Crippen MR) is 95.4 cm³/mol. The number of carbonyl (C=O) groups excluding carboxylic acids is 1. The summed E-state index contributed by atoms with van der Waals surface area (Å²) >= 11 is 1.36. The van der Waals surface area contributed by atoms with E-state index < -0.39 is 0 Å². The summed E-state index contributed by atoms with van der Waals surface area (Å²) in [6.07, 6.45) is 5.19. The van der Waals surface area contributed by atoms with Gasteiger partial charge in [-0.15, -0.1) is 11.3 Å². The van der Waals surface area contributed by atoms with Gasteiger partial charge in [0.15, 0.2) is 5.13 Å². The number of aryl methyl sites for hydroxylation is 1. The van der Waals surface area contributed by atoms with Crippen LogP contribution in [0.3, 0.4) is 0 Å². The Balaban J connectivity index is 1.79. The van der Waals surface area contributed by atoms with Crippen LogP contribution < -0.4 is 5.32 Å². The average Bonchev–Trinajstić information content (AvgIpc) is 3.22. The number of carbonyl (C=O) groups is 1. The molecule has 0 fully saturated rings. The van der Waals surface area contributed by atoms with Crippen molar-refractivity contribution < 1.29 is 9.18 Å². The molecule has 1 N–H and O–H groups in total. The monoisotopic (exact) mass is 352 g/mol. The topological polar surface area (TPSA) is 59.3 Å². The Hall–Kier alpha value is -3.06. The van der Waals surface area contributed by atoms with Gasteiger partial charge in [-0.25, -0.2) is 14.4 Å². The van der Waals surface area contributed by atoms with Crippen molar-refractivity contribution in [1.82, 2.24) is 14.4 Å². The molecule has 0 saturated carbocycles. The summed E-state index contributed by atoms with van der Waals surface area (Å²) in [5.41, 5.74) is 3.20. The molecule has 5 nitrogen and oxygen atoms in total. The summed E-state index contributed by atoms with van der Waals surface area (Å²) in [6.45, 7) is 1.86. The van der Waals surface area contributed by atoms with E-state index >= 15 is 0 Å². The van der Waals surface area contributed by atoms with E-state index in [9.17, 15) is 9.18 Å². The second-order valence-electron chi connectivity index (χ2n) is 5.56. The lowest BCUT2D eigenvalue weighted by molar-refractivity contribution is 0.102. The number of aromatic nitrogens is 3. The van der Waals surface area contributed by atoms with Crippen LogP contribution in [0.2, 0.25) is 0 Å². The van der Waals surface area contributed by atoms with E-state index in [1.807, 2.05) is 18.5 Å². The van der Waals surface area contributed by atoms with E-state index in [-0.39, 0.29) is 11.7 Å². The second kappa shape index (κ2) is 6.10. The van der Waals surface area contributed by atoms with Gasteiger partial charge in [-0.3, -0.25) is 10.1 Å². The number of hydrogen-bond donors (Lipinski definition) is 1. The summed E-state index contributed by atoms with van der Waals surface area (Å²) in [4.78, 5) is 21.2. The van der Waals surface area contributed by atoms with Crippen molar-refractivity contribution in [3.63, 3.8) is 0 Å². The third kappa shape index (κ3) is 3.01. The third-order valence-corrected chi connectivity index (χ3v) is 4.61. The van der Waals surface area contributed by atoms with Crippen LogP contribution in [0.25, 0.3) is 16.8 Å². The molecule has 3 aromatic heterocycles. The molecule has 4 aromatic rings. The first-order chi connectivity index (χ1) is 12.1. The Morgan fingerprint density at radius 3 is 2.92 bits per heavy atom. The number of imidazole rings is 1. The molecule has 0 unspecified atom stereocenters. The number of nitrogens with one attached hydrogen (secondary N) is 1. The van der Waals surface area contributed by atoms with E-state index in [0.717, 1.165) is 11.3 Å². The van der Waals surface area contributed by atoms with Crippen molar-refractivity contribution in [1.29, 1.82) is 0 Å². The summed E-state index contributed by atoms with van der Waals surface area (Å²) in [6, 6.07) is 7.97. The van der Waals surface area contributed by atoms with Crippen molar-refractivity contribution >= 4 is 28.0 Å². The Labute approximate surface area is 146 Å². The highest BCUT2D eigenvalue weighted by Crippen LogP contribution is 2.24. The fourth-order valence-electron chi connectivity index (χ4n) is 2.60. The summed E-state index contributed by atoms with van der Waals surface area (Å²) in [7, 11) is 0. The maximum Gasteiger partial charge on any atom is 0.261 e. The number of halogens is 1. The summed E-state index contributed by atoms with van der Waals surface area (Å²) in [5.74, 6) is -0.628. The molecule has 0 atom stereocenters. The molecule has 0 radical (unpaired) electrons. The van der Waals surface area contributed by atoms with E-state index in [1.165, 1.54) is 23.5 Å². The highest BCUT2D eigenvalue weighted by molar-refractivity contribution is 7.13. The first-order valence-corrected chi connectivity index (χ1v) is 8.44. The molecule has 0 bridgehead atoms. The van der Waals surface area contributed by atoms with E-state index in [2.05, 4.69) is 15.3 Å². The molecule has 7 heteroatoms. The van der Waals surface area contributed by atoms with Crippen molar-refractivity contribution in [2.75, 3.05) is 5.32 Å². The zero-order valence-corrected chi connectivity index (χ0v) is 14.0. The first kappa shape index (κ1) is 15.5. The molecule has 3 heterocycles. The number of amides is 1. The zero-order chi connectivity index (χ0) is 17.4. The van der Waals surface area contributed by atoms with Crippen LogP contribution in [0.4, 0.5) is 9.52 Å². The molecule has 0 aliphatic rings. The molecule has 4 rings (SSSR count). The lowest BCUT2D eigenvalue weighted by Gasteiger charge is -2.08. The van der Waals surface area contributed by atoms with Gasteiger partial charge in [0.1, 0.15) is 11.5 Å². The second-order valence-corrected chi connectivity index (χ2v) is 6.42. The summed E-state index contributed by atoms with van der Waals surface area (Å²) in [5, 5.41) is 5.19. The van der Waals surface area contributed by atoms with Crippen molar-refractivity contribution in [3.05, 3.63) is 71.4 Å². The molecule has 0 saturated heterocycles. The normalized spacial score (nSPS) is 11.0. The lowest BCUT2D eigenvalue weighted by atomic mass is 10.1. The van der Waals surface area contributed by atoms with Gasteiger partial charge in [-0.1, -0.05) is 12.1 Å². The molecule has 25 heavy (non-hydrogen) atoms. The van der Waals surface area contributed by atoms with Crippen LogP contribution in [0.1, 0.15) is 16.1 Å². The Morgan fingerprint density at radius 2 is 2.16 bits per heavy atom. The minimum atomic E-state index is -0.326. The number of pyridine rings is 1. The van der Waals surface area contributed by atoms with Gasteiger partial charge >= 0.3 is 0 Å². The highest BCUT2D eigenvalue weighted by Gasteiger charge is 2.16. The van der Waals surface area contributed by atoms with E-state index in [0.29, 0.717) is 21.9 Å². The van der Waals surface area contributed by atoms with Crippen molar-refractivity contribution in [2.24, 2.45) is 0 Å². The van der Waals surface area contributed by atoms with Crippen LogP contribution >= 0.6 is 11.3 Å². The zero-order valence-electron chi connectivity index (χ0n) is 13.2. The molecule has 124 valence electrons. The SMILES string of the molecule is Cc1csc(NC(=O)c2cc(-c3cccc(F)c3)cn3ccnc23)n1. The molecule has 1 aromatic carbocycles. The van der Waals surface area contributed by atoms with Crippen molar-refractivity contribution in [2.45, 2.75) is 6.92 Å². The minimum Gasteiger partial charge on any atom is -0.306 e. The molecular formula is C18H13FN4OS. The van der Waals surface area contributed by atoms with Crippen LogP contribution in [0.15, 0.2) is 54.3 Å². The molecule has 0 aliphatic heterocycles. The first-order valence-electron chi connectivity index (χ1n) is 7.56. The Morgan fingerprint density at radius 1 is 1.28 bits per heavy atom. The minimum absolute atomic E-state index is 0.302. The van der Waals surface area contributed by atoms with Gasteiger partial charge in [-0.2, -0.15) is 0 Å². The van der Waals surface area contributed by atoms with Crippen LogP contribution in [-0.4, -0.2) is 20.3 Å². The smallest absolute Gasteiger partial charge is 0.261 e. The Kier molecular flexibility index (Phi) is 3.77. The van der Waals surface area contributed by atoms with Gasteiger partial charge in [0, 0.05) is 24.0 Å². The van der Waals surface area contributed by atoms with Crippen LogP contribution in [-0.2, 0) is 0 Å². The van der Waals surface area contributed by atoms with E-state index in [4.69, 9.17) is 0 Å². The van der Waals surface area contributed by atoms with Gasteiger partial charge in [0.25, 0.3) is 5.91 Å². The molecule has 1 amide bonds. The Bertz CT molecular complexity index is 1090. The number of thiazole rings is 1. The largest absolute Gasteiger partial charge is 0.306 e. The van der Waals surface area contributed by atoms with Crippen LogP contribution in [0, 0.1) is 12.7 Å². The van der Waals surface area contributed by atoms with Crippen LogP contribution in [0.5, 0.6) is 0 Å². The standard InChI is InChI=1S/C18H13FN4OS/c1-11-10-25-18(21-11)22-17(24)15-8-13(9-23-6-5-20-16(15)23)12-3-2-4-14(19)7-12/h2-10H,1H3,(H,21,22,24). The molecule has 0 spiro atoms. The third-order valence-electron chi connectivity index (χ3n) is 3.73. The lowest BCUT2D eigenvalue weighted by Crippen LogP contribution is -2.13. The molecular weight excluding hydrogens is 339 g/mol. The fraction of sp³-hybridized carbons (Fsp3) is 0.0556. The van der Waals surface area contributed by atoms with E-state index in [1.54, 1.807) is 35.0 Å². The number of rotatable bonds is 3. The van der Waals surface area contributed by atoms with Gasteiger partial charge in [-0.05, 0) is 36.2 Å². The number of fused-ring (bicyclic) bond motifs is 1. The number of hydrogen-bond acceptors (Lipinski definition) is 4. The maximum absolute atomic E-state index is 13.6. The average molecular weight is 352 g/mol. The molecule has 0 aliphatic carbocycles. The fourth-order valence-corrected chi connectivity index (χ4v) is 3.29. The number of anilines is 1. The van der Waals surface area contributed by atoms with Gasteiger partial charge in [0.05, 0.1) is 11.3 Å². The predicted octanol–water partition coefficient (Wildman–Crippen LogP) is 4.16. The quantitative estimate of drug-likeness (QED) is 0.602. The summed E-state index contributed by atoms with van der Waals surface area (Å²) < 4.78 is 15.3.